The first kappa shape index (κ1) is 14.9. The molecule has 0 aliphatic carbocycles. The molecule has 0 aromatic heterocycles. The summed E-state index contributed by atoms with van der Waals surface area (Å²) < 4.78 is 5.56. The Morgan fingerprint density at radius 1 is 1.05 bits per heavy atom. The summed E-state index contributed by atoms with van der Waals surface area (Å²) in [6.45, 7) is 0.483. The van der Waals surface area contributed by atoms with E-state index in [1.165, 1.54) is 11.6 Å². The molecule has 0 bridgehead atoms. The largest absolute Gasteiger partial charge is 0.507 e. The van der Waals surface area contributed by atoms with Crippen molar-refractivity contribution < 1.29 is 14.6 Å². The van der Waals surface area contributed by atoms with Gasteiger partial charge in [-0.25, -0.2) is 0 Å². The van der Waals surface area contributed by atoms with Crippen molar-refractivity contribution in [2.45, 2.75) is 19.3 Å². The van der Waals surface area contributed by atoms with Crippen molar-refractivity contribution in [3.8, 4) is 11.5 Å². The number of aryl methyl sites for hydroxylation is 1. The van der Waals surface area contributed by atoms with Gasteiger partial charge >= 0.3 is 0 Å². The molecule has 4 heteroatoms. The first-order valence-corrected chi connectivity index (χ1v) is 6.97. The predicted molar refractivity (Wildman–Crippen MR) is 81.5 cm³/mol. The van der Waals surface area contributed by atoms with E-state index in [2.05, 4.69) is 12.1 Å². The van der Waals surface area contributed by atoms with Crippen molar-refractivity contribution >= 4 is 5.91 Å². The number of carbonyl (C=O) groups is 1. The van der Waals surface area contributed by atoms with Gasteiger partial charge in [0.25, 0.3) is 5.91 Å². The number of aromatic hydroxyl groups is 1. The Hall–Kier alpha value is -2.49. The van der Waals surface area contributed by atoms with Crippen molar-refractivity contribution in [3.05, 3.63) is 59.7 Å². The minimum Gasteiger partial charge on any atom is -0.507 e. The molecule has 4 nitrogen and oxygen atoms in total. The molecule has 0 saturated carbocycles. The van der Waals surface area contributed by atoms with E-state index in [4.69, 9.17) is 10.5 Å². The number of primary amides is 1. The Morgan fingerprint density at radius 2 is 1.81 bits per heavy atom. The molecular weight excluding hydrogens is 266 g/mol. The first-order valence-electron chi connectivity index (χ1n) is 6.97. The lowest BCUT2D eigenvalue weighted by atomic mass is 10.1. The Morgan fingerprint density at radius 3 is 2.52 bits per heavy atom. The third kappa shape index (κ3) is 4.24. The normalized spacial score (nSPS) is 10.3. The van der Waals surface area contributed by atoms with Crippen LogP contribution >= 0.6 is 0 Å². The summed E-state index contributed by atoms with van der Waals surface area (Å²) in [5.74, 6) is -0.501. The molecule has 2 rings (SSSR count). The molecule has 0 spiro atoms. The van der Waals surface area contributed by atoms with Gasteiger partial charge in [0.15, 0.2) is 0 Å². The Kier molecular flexibility index (Phi) is 5.21. The molecule has 0 atom stereocenters. The fourth-order valence-electron chi connectivity index (χ4n) is 2.15. The van der Waals surface area contributed by atoms with E-state index in [1.54, 1.807) is 12.1 Å². The van der Waals surface area contributed by atoms with E-state index in [9.17, 15) is 9.90 Å². The molecule has 21 heavy (non-hydrogen) atoms. The zero-order valence-electron chi connectivity index (χ0n) is 11.8. The summed E-state index contributed by atoms with van der Waals surface area (Å²) in [4.78, 5) is 11.3. The maximum Gasteiger partial charge on any atom is 0.256 e. The number of ether oxygens (including phenoxy) is 1. The van der Waals surface area contributed by atoms with Gasteiger partial charge in [-0.15, -0.1) is 0 Å². The van der Waals surface area contributed by atoms with E-state index in [0.29, 0.717) is 12.4 Å². The molecule has 0 radical (unpaired) electrons. The second-order valence-corrected chi connectivity index (χ2v) is 4.81. The van der Waals surface area contributed by atoms with Gasteiger partial charge in [0.2, 0.25) is 0 Å². The summed E-state index contributed by atoms with van der Waals surface area (Å²) in [5, 5.41) is 9.63. The first-order chi connectivity index (χ1) is 10.2. The van der Waals surface area contributed by atoms with Gasteiger partial charge < -0.3 is 15.6 Å². The molecule has 0 fully saturated rings. The molecule has 2 aromatic rings. The fourth-order valence-corrected chi connectivity index (χ4v) is 2.15. The van der Waals surface area contributed by atoms with Crippen LogP contribution in [0.25, 0.3) is 0 Å². The summed E-state index contributed by atoms with van der Waals surface area (Å²) >= 11 is 0. The highest BCUT2D eigenvalue weighted by Gasteiger charge is 2.14. The quantitative estimate of drug-likeness (QED) is 0.768. The number of hydrogen-bond donors (Lipinski definition) is 2. The van der Waals surface area contributed by atoms with Crippen LogP contribution in [0, 0.1) is 0 Å². The number of hydrogen-bond acceptors (Lipinski definition) is 3. The molecule has 0 aliphatic rings. The van der Waals surface area contributed by atoms with Crippen LogP contribution in [0.15, 0.2) is 48.5 Å². The number of amides is 1. The number of nitrogens with two attached hydrogens (primary N) is 1. The van der Waals surface area contributed by atoms with E-state index in [0.717, 1.165) is 19.3 Å². The minimum atomic E-state index is -0.688. The predicted octanol–water partition coefficient (Wildman–Crippen LogP) is 2.89. The molecule has 3 N–H and O–H groups in total. The van der Waals surface area contributed by atoms with E-state index in [-0.39, 0.29) is 11.3 Å². The van der Waals surface area contributed by atoms with Gasteiger partial charge in [0, 0.05) is 0 Å². The number of rotatable bonds is 7. The number of phenols is 1. The highest BCUT2D eigenvalue weighted by atomic mass is 16.5. The highest BCUT2D eigenvalue weighted by Crippen LogP contribution is 2.27. The lowest BCUT2D eigenvalue weighted by Gasteiger charge is -2.10. The molecular formula is C17H19NO3. The Bertz CT molecular complexity index is 596. The van der Waals surface area contributed by atoms with Crippen LogP contribution in [-0.2, 0) is 6.42 Å². The van der Waals surface area contributed by atoms with Crippen molar-refractivity contribution in [3.63, 3.8) is 0 Å². The van der Waals surface area contributed by atoms with Crippen LogP contribution in [0.5, 0.6) is 11.5 Å². The molecule has 2 aromatic carbocycles. The van der Waals surface area contributed by atoms with Crippen molar-refractivity contribution in [1.82, 2.24) is 0 Å². The minimum absolute atomic E-state index is 0.0422. The van der Waals surface area contributed by atoms with Gasteiger partial charge in [-0.2, -0.15) is 0 Å². The molecule has 0 aliphatic heterocycles. The smallest absolute Gasteiger partial charge is 0.256 e. The standard InChI is InChI=1S/C17H19NO3/c18-17(20)16-14(19)10-6-11-15(16)21-12-5-4-9-13-7-2-1-3-8-13/h1-3,6-8,10-11,19H,4-5,9,12H2,(H2,18,20). The average Bonchev–Trinajstić information content (AvgIpc) is 2.47. The van der Waals surface area contributed by atoms with Crippen LogP contribution in [0.3, 0.4) is 0 Å². The molecule has 0 saturated heterocycles. The second-order valence-electron chi connectivity index (χ2n) is 4.81. The zero-order valence-corrected chi connectivity index (χ0v) is 11.8. The lowest BCUT2D eigenvalue weighted by Crippen LogP contribution is -2.13. The van der Waals surface area contributed by atoms with E-state index in [1.807, 2.05) is 18.2 Å². The van der Waals surface area contributed by atoms with E-state index >= 15 is 0 Å². The van der Waals surface area contributed by atoms with Crippen LogP contribution in [0.4, 0.5) is 0 Å². The van der Waals surface area contributed by atoms with Crippen molar-refractivity contribution in [1.29, 1.82) is 0 Å². The number of unbranched alkanes of at least 4 members (excludes halogenated alkanes) is 1. The van der Waals surface area contributed by atoms with Crippen LogP contribution in [0.1, 0.15) is 28.8 Å². The summed E-state index contributed by atoms with van der Waals surface area (Å²) in [5.41, 5.74) is 6.58. The highest BCUT2D eigenvalue weighted by molar-refractivity contribution is 5.98. The average molecular weight is 285 g/mol. The third-order valence-corrected chi connectivity index (χ3v) is 3.21. The van der Waals surface area contributed by atoms with Crippen molar-refractivity contribution in [2.75, 3.05) is 6.61 Å². The fraction of sp³-hybridized carbons (Fsp3) is 0.235. The summed E-state index contributed by atoms with van der Waals surface area (Å²) in [6, 6.07) is 14.9. The topological polar surface area (TPSA) is 72.6 Å². The van der Waals surface area contributed by atoms with Gasteiger partial charge in [-0.1, -0.05) is 36.4 Å². The SMILES string of the molecule is NC(=O)c1c(O)cccc1OCCCCc1ccccc1. The van der Waals surface area contributed by atoms with Gasteiger partial charge in [-0.05, 0) is 37.0 Å². The molecule has 110 valence electrons. The Balaban J connectivity index is 1.81. The number of carbonyl (C=O) groups excluding carboxylic acids is 1. The summed E-state index contributed by atoms with van der Waals surface area (Å²) in [6.07, 6.45) is 2.85. The summed E-state index contributed by atoms with van der Waals surface area (Å²) in [7, 11) is 0. The van der Waals surface area contributed by atoms with Crippen LogP contribution in [-0.4, -0.2) is 17.6 Å². The van der Waals surface area contributed by atoms with Crippen LogP contribution < -0.4 is 10.5 Å². The van der Waals surface area contributed by atoms with E-state index < -0.39 is 5.91 Å². The molecule has 1 amide bonds. The number of benzene rings is 2. The van der Waals surface area contributed by atoms with Gasteiger partial charge in [0.05, 0.1) is 6.61 Å². The van der Waals surface area contributed by atoms with Gasteiger partial charge in [-0.3, -0.25) is 4.79 Å². The Labute approximate surface area is 124 Å². The maximum atomic E-state index is 11.3. The zero-order chi connectivity index (χ0) is 15.1. The monoisotopic (exact) mass is 285 g/mol. The maximum absolute atomic E-state index is 11.3. The molecule has 0 unspecified atom stereocenters. The van der Waals surface area contributed by atoms with Crippen molar-refractivity contribution in [2.24, 2.45) is 5.73 Å². The molecule has 0 heterocycles. The van der Waals surface area contributed by atoms with Gasteiger partial charge in [0.1, 0.15) is 17.1 Å². The third-order valence-electron chi connectivity index (χ3n) is 3.21. The lowest BCUT2D eigenvalue weighted by molar-refractivity contribution is 0.0993. The van der Waals surface area contributed by atoms with Crippen LogP contribution in [0.2, 0.25) is 0 Å². The second kappa shape index (κ2) is 7.33.